The van der Waals surface area contributed by atoms with Gasteiger partial charge in [0.15, 0.2) is 6.61 Å². The molecule has 0 heterocycles. The van der Waals surface area contributed by atoms with Gasteiger partial charge < -0.3 is 9.84 Å². The van der Waals surface area contributed by atoms with Crippen molar-refractivity contribution in [1.29, 1.82) is 0 Å². The summed E-state index contributed by atoms with van der Waals surface area (Å²) in [5, 5.41) is 9.47. The highest BCUT2D eigenvalue weighted by Gasteiger charge is 2.31. The van der Waals surface area contributed by atoms with Gasteiger partial charge in [-0.25, -0.2) is 0 Å². The van der Waals surface area contributed by atoms with Crippen molar-refractivity contribution in [3.8, 4) is 0 Å². The van der Waals surface area contributed by atoms with E-state index >= 15 is 0 Å². The van der Waals surface area contributed by atoms with Gasteiger partial charge in [0, 0.05) is 5.56 Å². The predicted molar refractivity (Wildman–Crippen MR) is 71.0 cm³/mol. The average molecular weight is 270 g/mol. The Bertz CT molecular complexity index is 377. The summed E-state index contributed by atoms with van der Waals surface area (Å²) in [5.74, 6) is -3.03. The van der Waals surface area contributed by atoms with Crippen LogP contribution in [0.2, 0.25) is 0 Å². The first-order valence-electron chi connectivity index (χ1n) is 6.46. The maximum atomic E-state index is 13.7. The van der Waals surface area contributed by atoms with E-state index in [0.717, 1.165) is 19.1 Å². The monoisotopic (exact) mass is 270 g/mol. The van der Waals surface area contributed by atoms with Crippen molar-refractivity contribution < 1.29 is 18.6 Å². The minimum Gasteiger partial charge on any atom is -0.495 e. The first-order valence-corrected chi connectivity index (χ1v) is 6.46. The van der Waals surface area contributed by atoms with E-state index in [9.17, 15) is 13.9 Å². The fraction of sp³-hybridized carbons (Fsp3) is 0.467. The number of aliphatic hydroxyl groups is 1. The van der Waals surface area contributed by atoms with Gasteiger partial charge >= 0.3 is 5.92 Å². The van der Waals surface area contributed by atoms with Crippen LogP contribution in [0.3, 0.4) is 0 Å². The maximum absolute atomic E-state index is 13.7. The molecule has 0 saturated heterocycles. The van der Waals surface area contributed by atoms with Crippen molar-refractivity contribution in [2.45, 2.75) is 38.2 Å². The van der Waals surface area contributed by atoms with Crippen LogP contribution in [0.15, 0.2) is 42.7 Å². The molecule has 0 bridgehead atoms. The van der Waals surface area contributed by atoms with Gasteiger partial charge in [-0.1, -0.05) is 50.1 Å². The van der Waals surface area contributed by atoms with Gasteiger partial charge in [-0.2, -0.15) is 8.78 Å². The fourth-order valence-electron chi connectivity index (χ4n) is 1.57. The van der Waals surface area contributed by atoms with E-state index in [1.165, 1.54) is 18.2 Å². The van der Waals surface area contributed by atoms with Crippen molar-refractivity contribution in [3.05, 3.63) is 48.2 Å². The van der Waals surface area contributed by atoms with Crippen LogP contribution in [0, 0.1) is 0 Å². The van der Waals surface area contributed by atoms with Gasteiger partial charge in [0.05, 0.1) is 12.4 Å². The predicted octanol–water partition coefficient (Wildman–Crippen LogP) is 3.86. The molecule has 1 aromatic carbocycles. The number of unbranched alkanes of at least 4 members (excludes halogenated alkanes) is 1. The Morgan fingerprint density at radius 2 is 2.00 bits per heavy atom. The third-order valence-corrected chi connectivity index (χ3v) is 2.71. The minimum atomic E-state index is -3.03. The smallest absolute Gasteiger partial charge is 0.306 e. The Morgan fingerprint density at radius 3 is 2.63 bits per heavy atom. The summed E-state index contributed by atoms with van der Waals surface area (Å²) in [6.45, 7) is 1.29. The molecule has 4 heteroatoms. The minimum absolute atomic E-state index is 0.0741. The summed E-state index contributed by atoms with van der Waals surface area (Å²) in [6.07, 6.45) is 4.41. The van der Waals surface area contributed by atoms with Gasteiger partial charge in [-0.15, -0.1) is 0 Å². The van der Waals surface area contributed by atoms with Crippen LogP contribution in [0.25, 0.3) is 0 Å². The topological polar surface area (TPSA) is 29.5 Å². The van der Waals surface area contributed by atoms with E-state index in [-0.39, 0.29) is 5.56 Å². The zero-order valence-corrected chi connectivity index (χ0v) is 11.1. The van der Waals surface area contributed by atoms with E-state index in [1.54, 1.807) is 18.2 Å². The van der Waals surface area contributed by atoms with Gasteiger partial charge in [-0.05, 0) is 12.5 Å². The molecule has 0 aliphatic heterocycles. The normalized spacial score (nSPS) is 13.7. The molecule has 0 aliphatic rings. The van der Waals surface area contributed by atoms with E-state index in [1.807, 2.05) is 6.92 Å². The molecule has 0 amide bonds. The van der Waals surface area contributed by atoms with Crippen molar-refractivity contribution in [1.82, 2.24) is 0 Å². The molecule has 0 aromatic heterocycles. The highest BCUT2D eigenvalue weighted by atomic mass is 19.3. The third-order valence-electron chi connectivity index (χ3n) is 2.71. The Labute approximate surface area is 112 Å². The fourth-order valence-corrected chi connectivity index (χ4v) is 1.57. The summed E-state index contributed by atoms with van der Waals surface area (Å²) >= 11 is 0. The lowest BCUT2D eigenvalue weighted by atomic mass is 10.1. The second-order valence-electron chi connectivity index (χ2n) is 4.42. The van der Waals surface area contributed by atoms with Crippen LogP contribution in [-0.2, 0) is 10.7 Å². The second-order valence-corrected chi connectivity index (χ2v) is 4.42. The van der Waals surface area contributed by atoms with Gasteiger partial charge in [0.2, 0.25) is 0 Å². The van der Waals surface area contributed by atoms with Crippen LogP contribution in [0.5, 0.6) is 0 Å². The SMILES string of the molecule is CCCCC(O)C=COCC(F)(F)c1ccccc1. The van der Waals surface area contributed by atoms with Crippen molar-refractivity contribution in [2.24, 2.45) is 0 Å². The molecule has 0 fully saturated rings. The summed E-state index contributed by atoms with van der Waals surface area (Å²) in [4.78, 5) is 0. The Balaban J connectivity index is 2.38. The molecular formula is C15H20F2O2. The highest BCUT2D eigenvalue weighted by Crippen LogP contribution is 2.27. The number of ether oxygens (including phenoxy) is 1. The Morgan fingerprint density at radius 1 is 1.32 bits per heavy atom. The van der Waals surface area contributed by atoms with Crippen LogP contribution in [0.1, 0.15) is 31.7 Å². The molecule has 0 spiro atoms. The lowest BCUT2D eigenvalue weighted by Crippen LogP contribution is -2.19. The van der Waals surface area contributed by atoms with Crippen LogP contribution in [-0.4, -0.2) is 17.8 Å². The Kier molecular flexibility index (Phi) is 6.50. The molecule has 2 nitrogen and oxygen atoms in total. The summed E-state index contributed by atoms with van der Waals surface area (Å²) in [5.41, 5.74) is -0.0741. The molecular weight excluding hydrogens is 250 g/mol. The van der Waals surface area contributed by atoms with Gasteiger partial charge in [0.1, 0.15) is 0 Å². The number of benzene rings is 1. The molecule has 1 aromatic rings. The van der Waals surface area contributed by atoms with Crippen molar-refractivity contribution in [3.63, 3.8) is 0 Å². The largest absolute Gasteiger partial charge is 0.495 e. The first kappa shape index (κ1) is 15.6. The number of alkyl halides is 2. The van der Waals surface area contributed by atoms with Crippen molar-refractivity contribution >= 4 is 0 Å². The maximum Gasteiger partial charge on any atom is 0.306 e. The summed E-state index contributed by atoms with van der Waals surface area (Å²) < 4.78 is 32.1. The number of aliphatic hydroxyl groups excluding tert-OH is 1. The highest BCUT2D eigenvalue weighted by molar-refractivity contribution is 5.19. The average Bonchev–Trinajstić information content (AvgIpc) is 2.42. The summed E-state index contributed by atoms with van der Waals surface area (Å²) in [6, 6.07) is 7.54. The molecule has 1 atom stereocenters. The molecule has 0 aliphatic carbocycles. The van der Waals surface area contributed by atoms with Gasteiger partial charge in [0.25, 0.3) is 0 Å². The van der Waals surface area contributed by atoms with Crippen LogP contribution < -0.4 is 0 Å². The molecule has 0 radical (unpaired) electrons. The number of hydrogen-bond acceptors (Lipinski definition) is 2. The molecule has 1 unspecified atom stereocenters. The first-order chi connectivity index (χ1) is 9.06. The van der Waals surface area contributed by atoms with Crippen molar-refractivity contribution in [2.75, 3.05) is 6.61 Å². The summed E-state index contributed by atoms with van der Waals surface area (Å²) in [7, 11) is 0. The van der Waals surface area contributed by atoms with Crippen LogP contribution in [0.4, 0.5) is 8.78 Å². The lowest BCUT2D eigenvalue weighted by molar-refractivity contribution is -0.0602. The van der Waals surface area contributed by atoms with E-state index in [2.05, 4.69) is 0 Å². The quantitative estimate of drug-likeness (QED) is 0.727. The Hall–Kier alpha value is -1.42. The molecule has 1 N–H and O–H groups in total. The number of rotatable bonds is 8. The van der Waals surface area contributed by atoms with Crippen LogP contribution >= 0.6 is 0 Å². The zero-order chi connectivity index (χ0) is 14.1. The van der Waals surface area contributed by atoms with E-state index in [0.29, 0.717) is 6.42 Å². The third kappa shape index (κ3) is 5.83. The second kappa shape index (κ2) is 7.89. The van der Waals surface area contributed by atoms with E-state index in [4.69, 9.17) is 4.74 Å². The zero-order valence-electron chi connectivity index (χ0n) is 11.1. The number of hydrogen-bond donors (Lipinski definition) is 1. The van der Waals surface area contributed by atoms with Gasteiger partial charge in [-0.3, -0.25) is 0 Å². The standard InChI is InChI=1S/C15H20F2O2/c1-2-3-9-14(18)10-11-19-12-15(16,17)13-7-5-4-6-8-13/h4-8,10-11,14,18H,2-3,9,12H2,1H3. The number of halogens is 2. The van der Waals surface area contributed by atoms with E-state index < -0.39 is 18.6 Å². The lowest BCUT2D eigenvalue weighted by Gasteiger charge is -2.16. The molecule has 19 heavy (non-hydrogen) atoms. The molecule has 0 saturated carbocycles. The molecule has 106 valence electrons. The molecule has 1 rings (SSSR count).